The maximum Gasteiger partial charge on any atom is 0.306 e. The summed E-state index contributed by atoms with van der Waals surface area (Å²) in [6, 6.07) is 12.5. The molecule has 110 valence electrons. The molecule has 0 radical (unpaired) electrons. The molecule has 3 rings (SSSR count). The van der Waals surface area contributed by atoms with E-state index in [2.05, 4.69) is 30.0 Å². The number of nitrogens with zero attached hydrogens (tertiary/aromatic N) is 2. The van der Waals surface area contributed by atoms with Gasteiger partial charge in [-0.2, -0.15) is 0 Å². The maximum atomic E-state index is 11.0. The van der Waals surface area contributed by atoms with E-state index >= 15 is 0 Å². The number of pyridine rings is 1. The van der Waals surface area contributed by atoms with Crippen molar-refractivity contribution < 1.29 is 9.90 Å². The molecule has 1 aliphatic heterocycles. The molecule has 2 aromatic rings. The fourth-order valence-electron chi connectivity index (χ4n) is 3.04. The van der Waals surface area contributed by atoms with Crippen molar-refractivity contribution in [3.8, 4) is 0 Å². The van der Waals surface area contributed by atoms with Crippen LogP contribution in [0.5, 0.6) is 0 Å². The van der Waals surface area contributed by atoms with E-state index in [0.29, 0.717) is 0 Å². The molecular weight excluding hydrogens is 264 g/mol. The summed E-state index contributed by atoms with van der Waals surface area (Å²) in [5.41, 5.74) is 2.07. The minimum absolute atomic E-state index is 0.182. The van der Waals surface area contributed by atoms with Gasteiger partial charge in [0.1, 0.15) is 0 Å². The number of para-hydroxylation sites is 1. The summed E-state index contributed by atoms with van der Waals surface area (Å²) in [5.74, 6) is -0.843. The van der Waals surface area contributed by atoms with Gasteiger partial charge in [-0.1, -0.05) is 24.3 Å². The van der Waals surface area contributed by atoms with Gasteiger partial charge in [-0.3, -0.25) is 14.7 Å². The number of benzene rings is 1. The van der Waals surface area contributed by atoms with Crippen LogP contribution in [0.2, 0.25) is 0 Å². The predicted molar refractivity (Wildman–Crippen MR) is 82.1 cm³/mol. The lowest BCUT2D eigenvalue weighted by Crippen LogP contribution is -2.38. The minimum Gasteiger partial charge on any atom is -0.481 e. The first-order chi connectivity index (χ1) is 10.1. The number of fused-ring (bicyclic) bond motifs is 1. The highest BCUT2D eigenvalue weighted by molar-refractivity contribution is 5.78. The zero-order valence-corrected chi connectivity index (χ0v) is 12.2. The quantitative estimate of drug-likeness (QED) is 0.941. The van der Waals surface area contributed by atoms with E-state index < -0.39 is 5.97 Å². The Balaban J connectivity index is 1.75. The van der Waals surface area contributed by atoms with Crippen molar-refractivity contribution in [2.45, 2.75) is 25.8 Å². The van der Waals surface area contributed by atoms with Gasteiger partial charge in [0, 0.05) is 11.4 Å². The predicted octanol–water partition coefficient (Wildman–Crippen LogP) is 3.09. The first kappa shape index (κ1) is 14.0. The summed E-state index contributed by atoms with van der Waals surface area (Å²) >= 11 is 0. The van der Waals surface area contributed by atoms with E-state index in [1.807, 2.05) is 18.2 Å². The third kappa shape index (κ3) is 2.90. The van der Waals surface area contributed by atoms with E-state index in [4.69, 9.17) is 10.1 Å². The molecular formula is C17H20N2O2. The lowest BCUT2D eigenvalue weighted by molar-refractivity contribution is -0.143. The second-order valence-corrected chi connectivity index (χ2v) is 5.75. The van der Waals surface area contributed by atoms with E-state index in [1.165, 1.54) is 0 Å². The van der Waals surface area contributed by atoms with E-state index in [9.17, 15) is 4.79 Å². The van der Waals surface area contributed by atoms with Crippen LogP contribution in [0.1, 0.15) is 31.5 Å². The van der Waals surface area contributed by atoms with Crippen LogP contribution in [0, 0.1) is 5.92 Å². The van der Waals surface area contributed by atoms with Gasteiger partial charge in [0.05, 0.1) is 17.1 Å². The van der Waals surface area contributed by atoms with Crippen molar-refractivity contribution in [1.82, 2.24) is 9.88 Å². The van der Waals surface area contributed by atoms with Crippen LogP contribution in [-0.2, 0) is 4.79 Å². The van der Waals surface area contributed by atoms with Crippen molar-refractivity contribution in [2.24, 2.45) is 5.92 Å². The fourth-order valence-corrected chi connectivity index (χ4v) is 3.04. The van der Waals surface area contributed by atoms with Crippen molar-refractivity contribution >= 4 is 16.9 Å². The molecule has 1 aliphatic rings. The Morgan fingerprint density at radius 1 is 1.24 bits per heavy atom. The Morgan fingerprint density at radius 3 is 2.67 bits per heavy atom. The largest absolute Gasteiger partial charge is 0.481 e. The van der Waals surface area contributed by atoms with E-state index in [-0.39, 0.29) is 12.0 Å². The molecule has 4 nitrogen and oxygen atoms in total. The van der Waals surface area contributed by atoms with Gasteiger partial charge in [-0.05, 0) is 45.0 Å². The van der Waals surface area contributed by atoms with Gasteiger partial charge in [-0.15, -0.1) is 0 Å². The van der Waals surface area contributed by atoms with Crippen molar-refractivity contribution in [3.05, 3.63) is 42.1 Å². The van der Waals surface area contributed by atoms with E-state index in [1.54, 1.807) is 0 Å². The molecule has 2 heterocycles. The van der Waals surface area contributed by atoms with Crippen molar-refractivity contribution in [2.75, 3.05) is 13.1 Å². The zero-order chi connectivity index (χ0) is 14.8. The first-order valence-corrected chi connectivity index (χ1v) is 7.47. The van der Waals surface area contributed by atoms with Crippen LogP contribution in [0.4, 0.5) is 0 Å². The molecule has 1 aromatic carbocycles. The number of piperidine rings is 1. The van der Waals surface area contributed by atoms with Gasteiger partial charge in [0.25, 0.3) is 0 Å². The topological polar surface area (TPSA) is 53.4 Å². The Bertz CT molecular complexity index is 648. The van der Waals surface area contributed by atoms with Crippen molar-refractivity contribution in [3.63, 3.8) is 0 Å². The number of rotatable bonds is 3. The molecule has 1 unspecified atom stereocenters. The number of hydrogen-bond acceptors (Lipinski definition) is 3. The van der Waals surface area contributed by atoms with Crippen LogP contribution in [0.3, 0.4) is 0 Å². The molecule has 4 heteroatoms. The van der Waals surface area contributed by atoms with Gasteiger partial charge >= 0.3 is 5.97 Å². The SMILES string of the molecule is CC(c1ccc2ccccc2n1)N1CCC(C(=O)O)CC1. The highest BCUT2D eigenvalue weighted by Crippen LogP contribution is 2.26. The molecule has 1 atom stereocenters. The minimum atomic E-state index is -0.661. The lowest BCUT2D eigenvalue weighted by atomic mass is 9.95. The monoisotopic (exact) mass is 284 g/mol. The molecule has 0 spiro atoms. The smallest absolute Gasteiger partial charge is 0.306 e. The van der Waals surface area contributed by atoms with Crippen LogP contribution in [0.15, 0.2) is 36.4 Å². The Kier molecular flexibility index (Phi) is 3.88. The van der Waals surface area contributed by atoms with Gasteiger partial charge in [0.15, 0.2) is 0 Å². The molecule has 1 fully saturated rings. The Morgan fingerprint density at radius 2 is 1.95 bits per heavy atom. The lowest BCUT2D eigenvalue weighted by Gasteiger charge is -2.34. The number of hydrogen-bond donors (Lipinski definition) is 1. The summed E-state index contributed by atoms with van der Waals surface area (Å²) in [6.07, 6.45) is 1.46. The average Bonchev–Trinajstić information content (AvgIpc) is 2.54. The highest BCUT2D eigenvalue weighted by atomic mass is 16.4. The van der Waals surface area contributed by atoms with Crippen molar-refractivity contribution in [1.29, 1.82) is 0 Å². The highest BCUT2D eigenvalue weighted by Gasteiger charge is 2.27. The number of aromatic nitrogens is 1. The molecule has 1 aromatic heterocycles. The second-order valence-electron chi connectivity index (χ2n) is 5.75. The number of aliphatic carboxylic acids is 1. The Hall–Kier alpha value is -1.94. The first-order valence-electron chi connectivity index (χ1n) is 7.47. The standard InChI is InChI=1S/C17H20N2O2/c1-12(19-10-8-14(9-11-19)17(20)21)15-7-6-13-4-2-3-5-16(13)18-15/h2-7,12,14H,8-11H2,1H3,(H,20,21). The second kappa shape index (κ2) is 5.82. The molecule has 1 N–H and O–H groups in total. The zero-order valence-electron chi connectivity index (χ0n) is 12.2. The van der Waals surface area contributed by atoms with Gasteiger partial charge < -0.3 is 5.11 Å². The summed E-state index contributed by atoms with van der Waals surface area (Å²) in [6.45, 7) is 3.80. The molecule has 0 amide bonds. The summed E-state index contributed by atoms with van der Waals surface area (Å²) in [4.78, 5) is 18.1. The number of carboxylic acids is 1. The number of likely N-dealkylation sites (tertiary alicyclic amines) is 1. The third-order valence-electron chi connectivity index (χ3n) is 4.47. The number of carbonyl (C=O) groups is 1. The maximum absolute atomic E-state index is 11.0. The molecule has 0 bridgehead atoms. The van der Waals surface area contributed by atoms with E-state index in [0.717, 1.165) is 42.5 Å². The normalized spacial score (nSPS) is 18.7. The molecule has 21 heavy (non-hydrogen) atoms. The summed E-state index contributed by atoms with van der Waals surface area (Å²) < 4.78 is 0. The van der Waals surface area contributed by atoms with Gasteiger partial charge in [0.2, 0.25) is 0 Å². The summed E-state index contributed by atoms with van der Waals surface area (Å²) in [5, 5.41) is 10.2. The Labute approximate surface area is 124 Å². The molecule has 0 aliphatic carbocycles. The van der Waals surface area contributed by atoms with Crippen LogP contribution in [0.25, 0.3) is 10.9 Å². The fraction of sp³-hybridized carbons (Fsp3) is 0.412. The van der Waals surface area contributed by atoms with Gasteiger partial charge in [-0.25, -0.2) is 0 Å². The average molecular weight is 284 g/mol. The summed E-state index contributed by atoms with van der Waals surface area (Å²) in [7, 11) is 0. The molecule has 0 saturated carbocycles. The van der Waals surface area contributed by atoms with Crippen LogP contribution in [-0.4, -0.2) is 34.0 Å². The number of carboxylic acid groups (broad SMARTS) is 1. The third-order valence-corrected chi connectivity index (χ3v) is 4.47. The van der Waals surface area contributed by atoms with Crippen LogP contribution < -0.4 is 0 Å². The van der Waals surface area contributed by atoms with Crippen LogP contribution >= 0.6 is 0 Å². The molecule has 1 saturated heterocycles.